The lowest BCUT2D eigenvalue weighted by atomic mass is 10.0. The van der Waals surface area contributed by atoms with Crippen molar-refractivity contribution in [1.29, 1.82) is 0 Å². The zero-order valence-electron chi connectivity index (χ0n) is 16.3. The van der Waals surface area contributed by atoms with Gasteiger partial charge in [-0.15, -0.1) is 24.8 Å². The summed E-state index contributed by atoms with van der Waals surface area (Å²) >= 11 is 0. The number of rotatable bonds is 5. The molecule has 8 heteroatoms. The number of amides is 1. The Kier molecular flexibility index (Phi) is 10.00. The van der Waals surface area contributed by atoms with Crippen LogP contribution in [-0.2, 0) is 11.2 Å². The molecular weight excluding hydrogens is 419 g/mol. The first-order valence-corrected chi connectivity index (χ1v) is 9.23. The van der Waals surface area contributed by atoms with Crippen LogP contribution in [0.2, 0.25) is 0 Å². The molecular formula is C21H27Cl2F2N3O. The average molecular weight is 446 g/mol. The Morgan fingerprint density at radius 3 is 2.24 bits per heavy atom. The maximum Gasteiger partial charge on any atom is 0.239 e. The molecule has 1 aliphatic rings. The SMILES string of the molecule is CC(c1ccc(F)cc1F)N1CCN(C(=O)C(N)Cc2ccccc2)CC1.Cl.Cl. The molecule has 3 rings (SSSR count). The number of hydrogen-bond donors (Lipinski definition) is 1. The fraction of sp³-hybridized carbons (Fsp3) is 0.381. The van der Waals surface area contributed by atoms with Crippen molar-refractivity contribution in [3.8, 4) is 0 Å². The maximum absolute atomic E-state index is 14.0. The van der Waals surface area contributed by atoms with E-state index in [2.05, 4.69) is 4.90 Å². The van der Waals surface area contributed by atoms with E-state index in [1.807, 2.05) is 37.3 Å². The highest BCUT2D eigenvalue weighted by atomic mass is 35.5. The number of halogens is 4. The van der Waals surface area contributed by atoms with Gasteiger partial charge in [0.2, 0.25) is 5.91 Å². The van der Waals surface area contributed by atoms with Crippen LogP contribution in [0.3, 0.4) is 0 Å². The summed E-state index contributed by atoms with van der Waals surface area (Å²) in [6.07, 6.45) is 0.511. The molecule has 2 unspecified atom stereocenters. The van der Waals surface area contributed by atoms with E-state index in [1.54, 1.807) is 4.90 Å². The van der Waals surface area contributed by atoms with Gasteiger partial charge in [-0.05, 0) is 25.0 Å². The van der Waals surface area contributed by atoms with Crippen LogP contribution in [0.5, 0.6) is 0 Å². The summed E-state index contributed by atoms with van der Waals surface area (Å²) in [5.41, 5.74) is 7.62. The largest absolute Gasteiger partial charge is 0.339 e. The van der Waals surface area contributed by atoms with E-state index >= 15 is 0 Å². The molecule has 1 amide bonds. The van der Waals surface area contributed by atoms with Gasteiger partial charge in [0.1, 0.15) is 11.6 Å². The molecule has 1 saturated heterocycles. The van der Waals surface area contributed by atoms with Crippen molar-refractivity contribution in [3.63, 3.8) is 0 Å². The summed E-state index contributed by atoms with van der Waals surface area (Å²) in [4.78, 5) is 16.5. The molecule has 2 aromatic rings. The van der Waals surface area contributed by atoms with Crippen molar-refractivity contribution in [2.75, 3.05) is 26.2 Å². The summed E-state index contributed by atoms with van der Waals surface area (Å²) < 4.78 is 27.1. The predicted octanol–water partition coefficient (Wildman–Crippen LogP) is 3.58. The average Bonchev–Trinajstić information content (AvgIpc) is 2.68. The van der Waals surface area contributed by atoms with Crippen molar-refractivity contribution < 1.29 is 13.6 Å². The van der Waals surface area contributed by atoms with Crippen LogP contribution in [-0.4, -0.2) is 47.9 Å². The minimum Gasteiger partial charge on any atom is -0.339 e. The first-order chi connectivity index (χ1) is 13.0. The topological polar surface area (TPSA) is 49.6 Å². The zero-order valence-corrected chi connectivity index (χ0v) is 17.9. The van der Waals surface area contributed by atoms with Gasteiger partial charge < -0.3 is 10.6 Å². The van der Waals surface area contributed by atoms with Crippen LogP contribution in [0.1, 0.15) is 24.1 Å². The Labute approximate surface area is 182 Å². The molecule has 2 atom stereocenters. The first kappa shape index (κ1) is 25.3. The third-order valence-electron chi connectivity index (χ3n) is 5.20. The maximum atomic E-state index is 14.0. The Morgan fingerprint density at radius 2 is 1.66 bits per heavy atom. The number of carbonyl (C=O) groups excluding carboxylic acids is 1. The summed E-state index contributed by atoms with van der Waals surface area (Å²) in [5.74, 6) is -1.17. The first-order valence-electron chi connectivity index (χ1n) is 9.23. The minimum atomic E-state index is -0.578. The molecule has 2 N–H and O–H groups in total. The second-order valence-corrected chi connectivity index (χ2v) is 7.00. The van der Waals surface area contributed by atoms with E-state index in [4.69, 9.17) is 5.73 Å². The van der Waals surface area contributed by atoms with Crippen LogP contribution in [0.25, 0.3) is 0 Å². The van der Waals surface area contributed by atoms with E-state index < -0.39 is 17.7 Å². The Hall–Kier alpha value is -1.73. The number of hydrogen-bond acceptors (Lipinski definition) is 3. The van der Waals surface area contributed by atoms with Gasteiger partial charge in [0.15, 0.2) is 0 Å². The molecule has 1 heterocycles. The van der Waals surface area contributed by atoms with E-state index in [1.165, 1.54) is 12.1 Å². The molecule has 2 aromatic carbocycles. The highest BCUT2D eigenvalue weighted by Crippen LogP contribution is 2.24. The van der Waals surface area contributed by atoms with Gasteiger partial charge in [0.05, 0.1) is 6.04 Å². The second kappa shape index (κ2) is 11.5. The molecule has 0 radical (unpaired) electrons. The summed E-state index contributed by atoms with van der Waals surface area (Å²) in [6, 6.07) is 12.7. The van der Waals surface area contributed by atoms with Crippen LogP contribution in [0, 0.1) is 11.6 Å². The van der Waals surface area contributed by atoms with Gasteiger partial charge in [-0.1, -0.05) is 36.4 Å². The van der Waals surface area contributed by atoms with Crippen molar-refractivity contribution in [3.05, 3.63) is 71.3 Å². The number of nitrogens with zero attached hydrogens (tertiary/aromatic N) is 2. The normalized spacial score (nSPS) is 16.3. The van der Waals surface area contributed by atoms with Gasteiger partial charge in [-0.3, -0.25) is 9.69 Å². The lowest BCUT2D eigenvalue weighted by Gasteiger charge is -2.39. The van der Waals surface area contributed by atoms with Gasteiger partial charge in [0.25, 0.3) is 0 Å². The van der Waals surface area contributed by atoms with Gasteiger partial charge >= 0.3 is 0 Å². The van der Waals surface area contributed by atoms with Gasteiger partial charge in [-0.25, -0.2) is 8.78 Å². The second-order valence-electron chi connectivity index (χ2n) is 7.00. The fourth-order valence-electron chi connectivity index (χ4n) is 3.56. The fourth-order valence-corrected chi connectivity index (χ4v) is 3.56. The molecule has 160 valence electrons. The lowest BCUT2D eigenvalue weighted by molar-refractivity contribution is -0.134. The summed E-state index contributed by atoms with van der Waals surface area (Å²) in [7, 11) is 0. The molecule has 0 saturated carbocycles. The van der Waals surface area contributed by atoms with Gasteiger partial charge in [-0.2, -0.15) is 0 Å². The minimum absolute atomic E-state index is 0. The molecule has 29 heavy (non-hydrogen) atoms. The summed E-state index contributed by atoms with van der Waals surface area (Å²) in [6.45, 7) is 4.25. The number of piperazine rings is 1. The smallest absolute Gasteiger partial charge is 0.239 e. The van der Waals surface area contributed by atoms with E-state index in [0.29, 0.717) is 38.2 Å². The third-order valence-corrected chi connectivity index (χ3v) is 5.20. The number of carbonyl (C=O) groups is 1. The monoisotopic (exact) mass is 445 g/mol. The van der Waals surface area contributed by atoms with Crippen molar-refractivity contribution >= 4 is 30.7 Å². The standard InChI is InChI=1S/C21H25F2N3O.2ClH/c1-15(18-8-7-17(22)14-19(18)23)25-9-11-26(12-10-25)21(27)20(24)13-16-5-3-2-4-6-16;;/h2-8,14-15,20H,9-13,24H2,1H3;2*1H. The van der Waals surface area contributed by atoms with Crippen molar-refractivity contribution in [2.24, 2.45) is 5.73 Å². The van der Waals surface area contributed by atoms with E-state index in [9.17, 15) is 13.6 Å². The Morgan fingerprint density at radius 1 is 1.03 bits per heavy atom. The molecule has 0 aromatic heterocycles. The van der Waals surface area contributed by atoms with E-state index in [0.717, 1.165) is 11.6 Å². The molecule has 4 nitrogen and oxygen atoms in total. The number of benzene rings is 2. The van der Waals surface area contributed by atoms with Gasteiger partial charge in [0, 0.05) is 43.9 Å². The number of nitrogens with two attached hydrogens (primary N) is 1. The van der Waals surface area contributed by atoms with Crippen LogP contribution >= 0.6 is 24.8 Å². The third kappa shape index (κ3) is 6.37. The Balaban J connectivity index is 0.00000210. The molecule has 1 aliphatic heterocycles. The van der Waals surface area contributed by atoms with Crippen molar-refractivity contribution in [1.82, 2.24) is 9.80 Å². The zero-order chi connectivity index (χ0) is 19.4. The lowest BCUT2D eigenvalue weighted by Crippen LogP contribution is -2.54. The van der Waals surface area contributed by atoms with Crippen LogP contribution in [0.4, 0.5) is 8.78 Å². The summed E-state index contributed by atoms with van der Waals surface area (Å²) in [5, 5.41) is 0. The molecule has 0 spiro atoms. The molecule has 1 fully saturated rings. The quantitative estimate of drug-likeness (QED) is 0.764. The molecule has 0 bridgehead atoms. The van der Waals surface area contributed by atoms with Crippen LogP contribution in [0.15, 0.2) is 48.5 Å². The highest BCUT2D eigenvalue weighted by molar-refractivity contribution is 5.85. The molecule has 0 aliphatic carbocycles. The highest BCUT2D eigenvalue weighted by Gasteiger charge is 2.28. The predicted molar refractivity (Wildman–Crippen MR) is 116 cm³/mol. The Bertz CT molecular complexity index is 787. The van der Waals surface area contributed by atoms with Crippen LogP contribution < -0.4 is 5.73 Å². The van der Waals surface area contributed by atoms with Crippen molar-refractivity contribution in [2.45, 2.75) is 25.4 Å². The van der Waals surface area contributed by atoms with E-state index in [-0.39, 0.29) is 36.8 Å².